The predicted molar refractivity (Wildman–Crippen MR) is 84.8 cm³/mol. The Bertz CT molecular complexity index is 599. The molecule has 2 aromatic rings. The number of carbonyl (C=O) groups is 2. The van der Waals surface area contributed by atoms with Gasteiger partial charge >= 0.3 is 5.97 Å². The molecule has 116 valence electrons. The van der Waals surface area contributed by atoms with Crippen LogP contribution >= 0.6 is 11.3 Å². The first-order valence-electron chi connectivity index (χ1n) is 7.06. The minimum Gasteiger partial charge on any atom is -0.464 e. The van der Waals surface area contributed by atoms with Crippen LogP contribution in [0, 0.1) is 0 Å². The van der Waals surface area contributed by atoms with Crippen LogP contribution in [0.15, 0.2) is 42.0 Å². The highest BCUT2D eigenvalue weighted by molar-refractivity contribution is 7.12. The van der Waals surface area contributed by atoms with Crippen LogP contribution in [0.1, 0.15) is 28.6 Å². The number of aromatic nitrogens is 1. The third kappa shape index (κ3) is 4.96. The molecule has 1 N–H and O–H groups in total. The normalized spacial score (nSPS) is 11.7. The number of hydrogen-bond acceptors (Lipinski definition) is 5. The van der Waals surface area contributed by atoms with Crippen LogP contribution in [-0.4, -0.2) is 29.5 Å². The lowest BCUT2D eigenvalue weighted by molar-refractivity contribution is -0.145. The highest BCUT2D eigenvalue weighted by Gasteiger charge is 2.18. The fourth-order valence-electron chi connectivity index (χ4n) is 1.85. The van der Waals surface area contributed by atoms with Gasteiger partial charge in [0.1, 0.15) is 6.04 Å². The smallest absolute Gasteiger partial charge is 0.328 e. The van der Waals surface area contributed by atoms with Gasteiger partial charge in [0.15, 0.2) is 0 Å². The highest BCUT2D eigenvalue weighted by Crippen LogP contribution is 2.08. The Hall–Kier alpha value is -2.21. The summed E-state index contributed by atoms with van der Waals surface area (Å²) in [7, 11) is 0. The van der Waals surface area contributed by atoms with Gasteiger partial charge in [-0.25, -0.2) is 4.79 Å². The summed E-state index contributed by atoms with van der Waals surface area (Å²) in [5, 5.41) is 4.44. The fourth-order valence-corrected chi connectivity index (χ4v) is 2.48. The van der Waals surface area contributed by atoms with Crippen molar-refractivity contribution in [3.8, 4) is 0 Å². The van der Waals surface area contributed by atoms with Gasteiger partial charge in [-0.15, -0.1) is 11.3 Å². The van der Waals surface area contributed by atoms with E-state index in [0.29, 0.717) is 11.5 Å². The van der Waals surface area contributed by atoms with Crippen LogP contribution in [0.3, 0.4) is 0 Å². The number of thiophene rings is 1. The molecular weight excluding hydrogens is 300 g/mol. The Kier molecular flexibility index (Phi) is 6.09. The molecule has 0 spiro atoms. The van der Waals surface area contributed by atoms with E-state index in [0.717, 1.165) is 18.4 Å². The Labute approximate surface area is 133 Å². The molecule has 0 bridgehead atoms. The molecule has 1 unspecified atom stereocenters. The zero-order valence-electron chi connectivity index (χ0n) is 12.3. The molecule has 0 radical (unpaired) electrons. The van der Waals surface area contributed by atoms with Crippen LogP contribution in [0.4, 0.5) is 0 Å². The Balaban J connectivity index is 1.67. The lowest BCUT2D eigenvalue weighted by Gasteiger charge is -2.12. The number of hydrogen-bond donors (Lipinski definition) is 1. The van der Waals surface area contributed by atoms with Crippen LogP contribution in [0.5, 0.6) is 0 Å². The van der Waals surface area contributed by atoms with Crippen molar-refractivity contribution in [1.82, 2.24) is 10.3 Å². The van der Waals surface area contributed by atoms with E-state index < -0.39 is 12.0 Å². The molecule has 1 atom stereocenters. The molecule has 1 amide bonds. The van der Waals surface area contributed by atoms with Gasteiger partial charge in [0.05, 0.1) is 11.5 Å². The van der Waals surface area contributed by atoms with Crippen molar-refractivity contribution in [2.75, 3.05) is 6.61 Å². The number of pyridine rings is 1. The molecule has 0 aliphatic carbocycles. The van der Waals surface area contributed by atoms with Crippen LogP contribution in [0.2, 0.25) is 0 Å². The van der Waals surface area contributed by atoms with Gasteiger partial charge in [-0.3, -0.25) is 9.78 Å². The van der Waals surface area contributed by atoms with Crippen molar-refractivity contribution in [2.45, 2.75) is 25.8 Å². The van der Waals surface area contributed by atoms with E-state index >= 15 is 0 Å². The van der Waals surface area contributed by atoms with E-state index in [1.807, 2.05) is 17.5 Å². The first kappa shape index (κ1) is 16.2. The van der Waals surface area contributed by atoms with Crippen molar-refractivity contribution < 1.29 is 14.3 Å². The number of carbonyl (C=O) groups excluding carboxylic acids is 2. The quantitative estimate of drug-likeness (QED) is 0.629. The molecule has 5 nitrogen and oxygen atoms in total. The SMILES string of the molecule is CC(NC(=O)c1cccs1)C(=O)OCCCc1cccnc1. The van der Waals surface area contributed by atoms with Gasteiger partial charge in [-0.05, 0) is 42.8 Å². The molecule has 0 aromatic carbocycles. The third-order valence-corrected chi connectivity index (χ3v) is 3.89. The lowest BCUT2D eigenvalue weighted by atomic mass is 10.2. The van der Waals surface area contributed by atoms with Gasteiger partial charge in [0, 0.05) is 12.4 Å². The number of esters is 1. The standard InChI is InChI=1S/C16H18N2O3S/c1-12(18-15(19)14-7-4-10-22-14)16(20)21-9-3-6-13-5-2-8-17-11-13/h2,4-5,7-8,10-12H,3,6,9H2,1H3,(H,18,19). The molecule has 2 aromatic heterocycles. The fraction of sp³-hybridized carbons (Fsp3) is 0.312. The molecule has 0 aliphatic rings. The predicted octanol–water partition coefficient (Wildman–Crippen LogP) is 2.44. The van der Waals surface area contributed by atoms with E-state index in [4.69, 9.17) is 4.74 Å². The largest absolute Gasteiger partial charge is 0.464 e. The third-order valence-electron chi connectivity index (χ3n) is 3.02. The molecule has 22 heavy (non-hydrogen) atoms. The highest BCUT2D eigenvalue weighted by atomic mass is 32.1. The number of nitrogens with one attached hydrogen (secondary N) is 1. The number of rotatable bonds is 7. The average Bonchev–Trinajstić information content (AvgIpc) is 3.07. The maximum atomic E-state index is 11.8. The molecular formula is C16H18N2O3S. The minimum atomic E-state index is -0.659. The summed E-state index contributed by atoms with van der Waals surface area (Å²) in [5.74, 6) is -0.675. The molecule has 2 heterocycles. The maximum Gasteiger partial charge on any atom is 0.328 e. The zero-order valence-corrected chi connectivity index (χ0v) is 13.1. The van der Waals surface area contributed by atoms with Gasteiger partial charge in [0.25, 0.3) is 5.91 Å². The van der Waals surface area contributed by atoms with Crippen LogP contribution < -0.4 is 5.32 Å². The van der Waals surface area contributed by atoms with Gasteiger partial charge in [-0.2, -0.15) is 0 Å². The molecule has 0 saturated carbocycles. The second kappa shape index (κ2) is 8.29. The van der Waals surface area contributed by atoms with Crippen molar-refractivity contribution in [3.05, 3.63) is 52.5 Å². The van der Waals surface area contributed by atoms with Crippen molar-refractivity contribution in [1.29, 1.82) is 0 Å². The molecule has 0 aliphatic heterocycles. The summed E-state index contributed by atoms with van der Waals surface area (Å²) in [4.78, 5) is 28.2. The van der Waals surface area contributed by atoms with Crippen molar-refractivity contribution in [3.63, 3.8) is 0 Å². The molecule has 6 heteroatoms. The van der Waals surface area contributed by atoms with E-state index in [-0.39, 0.29) is 5.91 Å². The number of amides is 1. The summed E-state index contributed by atoms with van der Waals surface area (Å²) < 4.78 is 5.17. The molecule has 0 fully saturated rings. The van der Waals surface area contributed by atoms with Crippen LogP contribution in [0.25, 0.3) is 0 Å². The zero-order chi connectivity index (χ0) is 15.8. The molecule has 2 rings (SSSR count). The van der Waals surface area contributed by atoms with E-state index in [1.54, 1.807) is 31.5 Å². The Morgan fingerprint density at radius 2 is 2.23 bits per heavy atom. The van der Waals surface area contributed by atoms with Crippen molar-refractivity contribution >= 4 is 23.2 Å². The first-order chi connectivity index (χ1) is 10.7. The number of aryl methyl sites for hydroxylation is 1. The Morgan fingerprint density at radius 3 is 2.91 bits per heavy atom. The number of ether oxygens (including phenoxy) is 1. The average molecular weight is 318 g/mol. The summed E-state index contributed by atoms with van der Waals surface area (Å²) in [5.41, 5.74) is 1.11. The monoisotopic (exact) mass is 318 g/mol. The topological polar surface area (TPSA) is 68.3 Å². The summed E-state index contributed by atoms with van der Waals surface area (Å²) in [6.07, 6.45) is 5.05. The minimum absolute atomic E-state index is 0.255. The second-order valence-corrected chi connectivity index (χ2v) is 5.75. The molecule has 0 saturated heterocycles. The number of nitrogens with zero attached hydrogens (tertiary/aromatic N) is 1. The second-order valence-electron chi connectivity index (χ2n) is 4.80. The lowest BCUT2D eigenvalue weighted by Crippen LogP contribution is -2.39. The van der Waals surface area contributed by atoms with Crippen LogP contribution in [-0.2, 0) is 16.0 Å². The maximum absolute atomic E-state index is 11.8. The summed E-state index contributed by atoms with van der Waals surface area (Å²) >= 11 is 1.33. The first-order valence-corrected chi connectivity index (χ1v) is 7.94. The Morgan fingerprint density at radius 1 is 1.36 bits per heavy atom. The van der Waals surface area contributed by atoms with Gasteiger partial charge < -0.3 is 10.1 Å². The summed E-state index contributed by atoms with van der Waals surface area (Å²) in [6.45, 7) is 1.95. The summed E-state index contributed by atoms with van der Waals surface area (Å²) in [6, 6.07) is 6.71. The van der Waals surface area contributed by atoms with E-state index in [9.17, 15) is 9.59 Å². The van der Waals surface area contributed by atoms with E-state index in [2.05, 4.69) is 10.3 Å². The van der Waals surface area contributed by atoms with Gasteiger partial charge in [0.2, 0.25) is 0 Å². The van der Waals surface area contributed by atoms with E-state index in [1.165, 1.54) is 11.3 Å². The van der Waals surface area contributed by atoms with Crippen molar-refractivity contribution in [2.24, 2.45) is 0 Å². The van der Waals surface area contributed by atoms with Gasteiger partial charge in [-0.1, -0.05) is 12.1 Å².